The van der Waals surface area contributed by atoms with Gasteiger partial charge in [-0.15, -0.1) is 0 Å². The predicted octanol–water partition coefficient (Wildman–Crippen LogP) is 2.38. The summed E-state index contributed by atoms with van der Waals surface area (Å²) in [5.74, 6) is -1.24. The Balaban J connectivity index is 1.89. The fraction of sp³-hybridized carbons (Fsp3) is 0.706. The number of morpholine rings is 1. The van der Waals surface area contributed by atoms with Crippen LogP contribution >= 0.6 is 0 Å². The average Bonchev–Trinajstić information content (AvgIpc) is 3.31. The minimum atomic E-state index is -4.56. The number of ketones is 1. The lowest BCUT2D eigenvalue weighted by atomic mass is 9.69. The van der Waals surface area contributed by atoms with Gasteiger partial charge in [-0.1, -0.05) is 13.8 Å². The fourth-order valence-electron chi connectivity index (χ4n) is 3.88. The number of halogens is 3. The van der Waals surface area contributed by atoms with Crippen LogP contribution in [0.3, 0.4) is 0 Å². The second-order valence-electron chi connectivity index (χ2n) is 7.78. The topological polar surface area (TPSA) is 70.4 Å². The minimum Gasteiger partial charge on any atom is -0.367 e. The average molecular weight is 356 g/mol. The number of amides is 1. The van der Waals surface area contributed by atoms with Gasteiger partial charge in [0.15, 0.2) is 5.78 Å². The second kappa shape index (κ2) is 5.31. The molecule has 1 aliphatic heterocycles. The molecule has 0 N–H and O–H groups in total. The molecule has 5 nitrogen and oxygen atoms in total. The van der Waals surface area contributed by atoms with Crippen molar-refractivity contribution in [2.45, 2.75) is 44.9 Å². The van der Waals surface area contributed by atoms with E-state index in [4.69, 9.17) is 4.74 Å². The molecule has 0 aromatic carbocycles. The summed E-state index contributed by atoms with van der Waals surface area (Å²) in [7, 11) is 0. The molecule has 1 spiro atoms. The molecule has 1 unspecified atom stereocenters. The SMILES string of the molecule is CC1(C)CC2(C=C(C#N)C1=O)CN(C(=O)C1(C(F)(F)F)CC1)CCO2. The van der Waals surface area contributed by atoms with Crippen LogP contribution in [0.15, 0.2) is 11.6 Å². The second-order valence-corrected chi connectivity index (χ2v) is 7.78. The number of alkyl halides is 3. The van der Waals surface area contributed by atoms with E-state index in [0.717, 1.165) is 0 Å². The zero-order chi connectivity index (χ0) is 18.7. The number of carbonyl (C=O) groups is 2. The Morgan fingerprint density at radius 2 is 2.00 bits per heavy atom. The first-order valence-corrected chi connectivity index (χ1v) is 8.14. The predicted molar refractivity (Wildman–Crippen MR) is 80.1 cm³/mol. The summed E-state index contributed by atoms with van der Waals surface area (Å²) in [5.41, 5.74) is -4.32. The Morgan fingerprint density at radius 1 is 1.36 bits per heavy atom. The van der Waals surface area contributed by atoms with E-state index in [2.05, 4.69) is 0 Å². The van der Waals surface area contributed by atoms with Gasteiger partial charge >= 0.3 is 6.18 Å². The maximum absolute atomic E-state index is 13.2. The highest BCUT2D eigenvalue weighted by atomic mass is 19.4. The lowest BCUT2D eigenvalue weighted by Gasteiger charge is -2.47. The third-order valence-corrected chi connectivity index (χ3v) is 5.33. The molecule has 8 heteroatoms. The summed E-state index contributed by atoms with van der Waals surface area (Å²) in [4.78, 5) is 26.0. The van der Waals surface area contributed by atoms with Gasteiger partial charge in [0, 0.05) is 12.0 Å². The molecule has 1 amide bonds. The maximum Gasteiger partial charge on any atom is 0.403 e. The van der Waals surface area contributed by atoms with Crippen molar-refractivity contribution in [2.75, 3.05) is 19.7 Å². The highest BCUT2D eigenvalue weighted by molar-refractivity contribution is 6.04. The van der Waals surface area contributed by atoms with E-state index in [1.54, 1.807) is 13.8 Å². The largest absolute Gasteiger partial charge is 0.403 e. The zero-order valence-electron chi connectivity index (χ0n) is 14.1. The molecule has 1 heterocycles. The molecule has 2 aliphatic carbocycles. The molecule has 0 radical (unpaired) electrons. The number of nitriles is 1. The highest BCUT2D eigenvalue weighted by Gasteiger charge is 2.69. The molecular formula is C17H19F3N2O3. The van der Waals surface area contributed by atoms with E-state index < -0.39 is 28.5 Å². The first kappa shape index (κ1) is 17.9. The number of nitrogens with zero attached hydrogens (tertiary/aromatic N) is 2. The summed E-state index contributed by atoms with van der Waals surface area (Å²) in [6, 6.07) is 1.84. The van der Waals surface area contributed by atoms with E-state index in [9.17, 15) is 28.0 Å². The van der Waals surface area contributed by atoms with Crippen LogP contribution in [0, 0.1) is 22.2 Å². The summed E-state index contributed by atoms with van der Waals surface area (Å²) in [6.07, 6.45) is -3.35. The summed E-state index contributed by atoms with van der Waals surface area (Å²) >= 11 is 0. The van der Waals surface area contributed by atoms with Gasteiger partial charge in [0.2, 0.25) is 5.91 Å². The number of rotatable bonds is 1. The first-order chi connectivity index (χ1) is 11.5. The monoisotopic (exact) mass is 356 g/mol. The highest BCUT2D eigenvalue weighted by Crippen LogP contribution is 2.59. The maximum atomic E-state index is 13.2. The lowest BCUT2D eigenvalue weighted by molar-refractivity contribution is -0.204. The number of carbonyl (C=O) groups excluding carboxylic acids is 2. The van der Waals surface area contributed by atoms with Crippen LogP contribution in [-0.4, -0.2) is 48.1 Å². The summed E-state index contributed by atoms with van der Waals surface area (Å²) < 4.78 is 45.5. The molecule has 2 fully saturated rings. The first-order valence-electron chi connectivity index (χ1n) is 8.14. The minimum absolute atomic E-state index is 0.0671. The van der Waals surface area contributed by atoms with Gasteiger partial charge in [-0.2, -0.15) is 18.4 Å². The van der Waals surface area contributed by atoms with E-state index >= 15 is 0 Å². The lowest BCUT2D eigenvalue weighted by Crippen LogP contribution is -2.59. The van der Waals surface area contributed by atoms with Crippen LogP contribution in [0.2, 0.25) is 0 Å². The van der Waals surface area contributed by atoms with Gasteiger partial charge in [-0.05, 0) is 25.3 Å². The Labute approximate surface area is 143 Å². The van der Waals surface area contributed by atoms with Crippen molar-refractivity contribution in [3.8, 4) is 6.07 Å². The Bertz CT molecular complexity index is 701. The van der Waals surface area contributed by atoms with Crippen LogP contribution < -0.4 is 0 Å². The van der Waals surface area contributed by atoms with Gasteiger partial charge in [-0.25, -0.2) is 0 Å². The molecule has 0 bridgehead atoms. The van der Waals surface area contributed by atoms with Crippen LogP contribution in [0.25, 0.3) is 0 Å². The van der Waals surface area contributed by atoms with Gasteiger partial charge in [0.05, 0.1) is 18.7 Å². The van der Waals surface area contributed by atoms with E-state index in [0.29, 0.717) is 0 Å². The standard InChI is InChI=1S/C17H19F3N2O3/c1-14(2)9-15(7-11(8-21)12(14)23)10-22(5-6-25-15)13(24)16(3-4-16)17(18,19)20/h7H,3-6,9-10H2,1-2H3. The zero-order valence-corrected chi connectivity index (χ0v) is 14.1. The molecule has 1 saturated heterocycles. The van der Waals surface area contributed by atoms with E-state index in [1.807, 2.05) is 6.07 Å². The van der Waals surface area contributed by atoms with Gasteiger partial charge < -0.3 is 9.64 Å². The van der Waals surface area contributed by atoms with Gasteiger partial charge in [0.25, 0.3) is 0 Å². The van der Waals surface area contributed by atoms with E-state index in [1.165, 1.54) is 11.0 Å². The van der Waals surface area contributed by atoms with Crippen molar-refractivity contribution in [2.24, 2.45) is 10.8 Å². The van der Waals surface area contributed by atoms with Crippen molar-refractivity contribution in [1.29, 1.82) is 5.26 Å². The van der Waals surface area contributed by atoms with Crippen molar-refractivity contribution in [1.82, 2.24) is 4.90 Å². The fourth-order valence-corrected chi connectivity index (χ4v) is 3.88. The van der Waals surface area contributed by atoms with Crippen LogP contribution in [-0.2, 0) is 14.3 Å². The summed E-state index contributed by atoms with van der Waals surface area (Å²) in [6.45, 7) is 3.40. The van der Waals surface area contributed by atoms with Crippen molar-refractivity contribution >= 4 is 11.7 Å². The van der Waals surface area contributed by atoms with Gasteiger partial charge in [0.1, 0.15) is 17.1 Å². The molecular weight excluding hydrogens is 337 g/mol. The molecule has 0 aromatic rings. The van der Waals surface area contributed by atoms with Crippen LogP contribution in [0.4, 0.5) is 13.2 Å². The van der Waals surface area contributed by atoms with E-state index in [-0.39, 0.29) is 50.3 Å². The Kier molecular flexibility index (Phi) is 3.81. The molecule has 1 atom stereocenters. The smallest absolute Gasteiger partial charge is 0.367 e. The quantitative estimate of drug-likeness (QED) is 0.723. The van der Waals surface area contributed by atoms with Crippen molar-refractivity contribution in [3.63, 3.8) is 0 Å². The van der Waals surface area contributed by atoms with Crippen LogP contribution in [0.1, 0.15) is 33.1 Å². The molecule has 3 rings (SSSR count). The number of allylic oxidation sites excluding steroid dienone is 1. The van der Waals surface area contributed by atoms with Crippen molar-refractivity contribution < 1.29 is 27.5 Å². The van der Waals surface area contributed by atoms with Gasteiger partial charge in [-0.3, -0.25) is 9.59 Å². The van der Waals surface area contributed by atoms with Crippen LogP contribution in [0.5, 0.6) is 0 Å². The molecule has 3 aliphatic rings. The number of hydrogen-bond donors (Lipinski definition) is 0. The third kappa shape index (κ3) is 2.74. The van der Waals surface area contributed by atoms with Crippen molar-refractivity contribution in [3.05, 3.63) is 11.6 Å². The third-order valence-electron chi connectivity index (χ3n) is 5.33. The number of ether oxygens (including phenoxy) is 1. The molecule has 25 heavy (non-hydrogen) atoms. The molecule has 1 saturated carbocycles. The number of Topliss-reactive ketones (excluding diaryl/α,β-unsaturated/α-hetero) is 1. The Morgan fingerprint density at radius 3 is 2.52 bits per heavy atom. The molecule has 136 valence electrons. The Hall–Kier alpha value is -1.88. The normalized spacial score (nSPS) is 30.6. The summed E-state index contributed by atoms with van der Waals surface area (Å²) in [5, 5.41) is 9.20. The number of hydrogen-bond acceptors (Lipinski definition) is 4. The molecule has 0 aromatic heterocycles.